The van der Waals surface area contributed by atoms with Crippen molar-refractivity contribution in [3.8, 4) is 0 Å². The summed E-state index contributed by atoms with van der Waals surface area (Å²) >= 11 is 0. The number of carbonyl (C=O) groups is 3. The number of benzene rings is 3. The summed E-state index contributed by atoms with van der Waals surface area (Å²) in [5.41, 5.74) is 5.19. The minimum Gasteiger partial charge on any atom is -0.350 e. The van der Waals surface area contributed by atoms with Crippen LogP contribution in [0.4, 0.5) is 17.1 Å². The Balaban J connectivity index is 1.74. The largest absolute Gasteiger partial charge is 0.350 e. The summed E-state index contributed by atoms with van der Waals surface area (Å²) in [5, 5.41) is 5.87. The van der Waals surface area contributed by atoms with E-state index in [1.165, 1.54) is 6.92 Å². The highest BCUT2D eigenvalue weighted by Gasteiger charge is 2.40. The lowest BCUT2D eigenvalue weighted by atomic mass is 10.0. The van der Waals surface area contributed by atoms with Crippen molar-refractivity contribution in [1.82, 2.24) is 0 Å². The molecule has 0 bridgehead atoms. The molecule has 6 heteroatoms. The maximum Gasteiger partial charge on any atom is 0.282 e. The molecule has 3 aromatic rings. The molecule has 1 aliphatic heterocycles. The van der Waals surface area contributed by atoms with Crippen LogP contribution >= 0.6 is 0 Å². The van der Waals surface area contributed by atoms with Gasteiger partial charge in [-0.05, 0) is 66.9 Å². The first kappa shape index (κ1) is 21.1. The van der Waals surface area contributed by atoms with Gasteiger partial charge in [0.2, 0.25) is 5.91 Å². The third-order valence-corrected chi connectivity index (χ3v) is 5.37. The molecule has 0 aromatic heterocycles. The number of amides is 3. The fraction of sp³-hybridized carbons (Fsp3) is 0.115. The van der Waals surface area contributed by atoms with Gasteiger partial charge >= 0.3 is 0 Å². The van der Waals surface area contributed by atoms with Gasteiger partial charge in [-0.1, -0.05) is 36.4 Å². The van der Waals surface area contributed by atoms with Crippen LogP contribution in [-0.2, 0) is 14.4 Å². The van der Waals surface area contributed by atoms with Crippen LogP contribution in [-0.4, -0.2) is 17.7 Å². The van der Waals surface area contributed by atoms with Crippen LogP contribution in [0.2, 0.25) is 0 Å². The van der Waals surface area contributed by atoms with Crippen LogP contribution in [0.3, 0.4) is 0 Å². The van der Waals surface area contributed by atoms with Crippen molar-refractivity contribution in [2.45, 2.75) is 20.8 Å². The van der Waals surface area contributed by atoms with Crippen molar-refractivity contribution < 1.29 is 14.4 Å². The third kappa shape index (κ3) is 4.03. The number of aryl methyl sites for hydroxylation is 2. The van der Waals surface area contributed by atoms with Gasteiger partial charge in [0, 0.05) is 18.3 Å². The van der Waals surface area contributed by atoms with Crippen LogP contribution in [0.5, 0.6) is 0 Å². The Hall–Kier alpha value is -4.19. The van der Waals surface area contributed by atoms with Crippen molar-refractivity contribution in [3.63, 3.8) is 0 Å². The van der Waals surface area contributed by atoms with Crippen molar-refractivity contribution in [3.05, 3.63) is 95.2 Å². The molecule has 0 aliphatic carbocycles. The summed E-state index contributed by atoms with van der Waals surface area (Å²) in [6.45, 7) is 5.43. The molecule has 0 atom stereocenters. The van der Waals surface area contributed by atoms with Gasteiger partial charge in [-0.25, -0.2) is 4.90 Å². The number of hydrogen-bond acceptors (Lipinski definition) is 4. The Morgan fingerprint density at radius 3 is 2.06 bits per heavy atom. The maximum atomic E-state index is 13.4. The average molecular weight is 425 g/mol. The van der Waals surface area contributed by atoms with E-state index in [9.17, 15) is 14.4 Å². The Morgan fingerprint density at radius 1 is 0.781 bits per heavy atom. The average Bonchev–Trinajstić information content (AvgIpc) is 3.01. The molecule has 2 N–H and O–H groups in total. The zero-order valence-electron chi connectivity index (χ0n) is 18.1. The first-order valence-electron chi connectivity index (χ1n) is 10.3. The van der Waals surface area contributed by atoms with Gasteiger partial charge in [0.25, 0.3) is 11.8 Å². The van der Waals surface area contributed by atoms with Gasteiger partial charge in [-0.15, -0.1) is 0 Å². The SMILES string of the molecule is CC(=O)Nc1ccc(N2C(=O)C(Nc3ccc(C)c(C)c3)=C(c3ccccc3)C2=O)cc1. The monoisotopic (exact) mass is 425 g/mol. The van der Waals surface area contributed by atoms with Crippen LogP contribution in [0.1, 0.15) is 23.6 Å². The van der Waals surface area contributed by atoms with E-state index in [2.05, 4.69) is 10.6 Å². The minimum atomic E-state index is -0.431. The molecule has 0 radical (unpaired) electrons. The topological polar surface area (TPSA) is 78.5 Å². The molecule has 0 saturated carbocycles. The lowest BCUT2D eigenvalue weighted by molar-refractivity contribution is -0.120. The molecule has 0 spiro atoms. The van der Waals surface area contributed by atoms with E-state index < -0.39 is 11.8 Å². The van der Waals surface area contributed by atoms with E-state index in [1.807, 2.05) is 62.4 Å². The number of nitrogens with one attached hydrogen (secondary N) is 2. The summed E-state index contributed by atoms with van der Waals surface area (Å²) in [5.74, 6) is -1.03. The molecule has 3 amide bonds. The van der Waals surface area contributed by atoms with Crippen molar-refractivity contribution >= 4 is 40.4 Å². The van der Waals surface area contributed by atoms with Crippen LogP contribution in [0.25, 0.3) is 5.57 Å². The summed E-state index contributed by atoms with van der Waals surface area (Å²) in [6, 6.07) is 21.6. The second-order valence-electron chi connectivity index (χ2n) is 7.71. The van der Waals surface area contributed by atoms with Crippen molar-refractivity contribution in [2.24, 2.45) is 0 Å². The Labute approximate surface area is 186 Å². The Bertz CT molecular complexity index is 1250. The van der Waals surface area contributed by atoms with E-state index in [-0.39, 0.29) is 11.6 Å². The first-order valence-corrected chi connectivity index (χ1v) is 10.3. The van der Waals surface area contributed by atoms with Gasteiger partial charge in [0.15, 0.2) is 0 Å². The zero-order valence-corrected chi connectivity index (χ0v) is 18.1. The second kappa shape index (κ2) is 8.51. The maximum absolute atomic E-state index is 13.4. The highest BCUT2D eigenvalue weighted by molar-refractivity contribution is 6.46. The Morgan fingerprint density at radius 2 is 1.44 bits per heavy atom. The predicted octanol–water partition coefficient (Wildman–Crippen LogP) is 4.66. The quantitative estimate of drug-likeness (QED) is 0.583. The molecule has 6 nitrogen and oxygen atoms in total. The molecule has 1 heterocycles. The van der Waals surface area contributed by atoms with Crippen LogP contribution < -0.4 is 15.5 Å². The summed E-state index contributed by atoms with van der Waals surface area (Å²) in [6.07, 6.45) is 0. The number of hydrogen-bond donors (Lipinski definition) is 2. The van der Waals surface area contributed by atoms with Crippen LogP contribution in [0, 0.1) is 13.8 Å². The highest BCUT2D eigenvalue weighted by atomic mass is 16.2. The standard InChI is InChI=1S/C26H23N3O3/c1-16-9-10-21(15-17(16)2)28-24-23(19-7-5-4-6-8-19)25(31)29(26(24)32)22-13-11-20(12-14-22)27-18(3)30/h4-15,28H,1-3H3,(H,27,30). The molecule has 4 rings (SSSR count). The van der Waals surface area contributed by atoms with Gasteiger partial charge in [-0.2, -0.15) is 0 Å². The zero-order chi connectivity index (χ0) is 22.8. The smallest absolute Gasteiger partial charge is 0.282 e. The molecule has 1 aliphatic rings. The summed E-state index contributed by atoms with van der Waals surface area (Å²) in [4.78, 5) is 39.3. The van der Waals surface area contributed by atoms with Gasteiger partial charge in [-0.3, -0.25) is 14.4 Å². The lowest BCUT2D eigenvalue weighted by Gasteiger charge is -2.16. The first-order chi connectivity index (χ1) is 15.3. The number of nitrogens with zero attached hydrogens (tertiary/aromatic N) is 1. The lowest BCUT2D eigenvalue weighted by Crippen LogP contribution is -2.32. The highest BCUT2D eigenvalue weighted by Crippen LogP contribution is 2.34. The van der Waals surface area contributed by atoms with E-state index >= 15 is 0 Å². The molecule has 0 fully saturated rings. The van der Waals surface area contributed by atoms with Gasteiger partial charge in [0.05, 0.1) is 11.3 Å². The number of carbonyl (C=O) groups excluding carboxylic acids is 3. The van der Waals surface area contributed by atoms with E-state index in [0.717, 1.165) is 21.7 Å². The Kier molecular flexibility index (Phi) is 5.60. The molecule has 0 saturated heterocycles. The molecular formula is C26H23N3O3. The molecule has 0 unspecified atom stereocenters. The summed E-state index contributed by atoms with van der Waals surface area (Å²) in [7, 11) is 0. The van der Waals surface area contributed by atoms with Crippen LogP contribution in [0.15, 0.2) is 78.5 Å². The number of rotatable bonds is 5. The molecule has 32 heavy (non-hydrogen) atoms. The van der Waals surface area contributed by atoms with Crippen molar-refractivity contribution in [1.29, 1.82) is 0 Å². The fourth-order valence-corrected chi connectivity index (χ4v) is 3.61. The van der Waals surface area contributed by atoms with Gasteiger partial charge < -0.3 is 10.6 Å². The normalized spacial score (nSPS) is 13.5. The fourth-order valence-electron chi connectivity index (χ4n) is 3.61. The second-order valence-corrected chi connectivity index (χ2v) is 7.71. The third-order valence-electron chi connectivity index (χ3n) is 5.37. The summed E-state index contributed by atoms with van der Waals surface area (Å²) < 4.78 is 0. The van der Waals surface area contributed by atoms with E-state index in [4.69, 9.17) is 0 Å². The predicted molar refractivity (Wildman–Crippen MR) is 126 cm³/mol. The molecular weight excluding hydrogens is 402 g/mol. The minimum absolute atomic E-state index is 0.195. The van der Waals surface area contributed by atoms with E-state index in [0.29, 0.717) is 22.5 Å². The molecule has 3 aromatic carbocycles. The van der Waals surface area contributed by atoms with Gasteiger partial charge in [0.1, 0.15) is 5.70 Å². The van der Waals surface area contributed by atoms with Crippen molar-refractivity contribution in [2.75, 3.05) is 15.5 Å². The van der Waals surface area contributed by atoms with E-state index in [1.54, 1.807) is 24.3 Å². The number of anilines is 3. The number of imide groups is 1. The molecule has 160 valence electrons.